The Kier molecular flexibility index (Phi) is 7.07. The van der Waals surface area contributed by atoms with Crippen LogP contribution >= 0.6 is 0 Å². The van der Waals surface area contributed by atoms with E-state index >= 15 is 0 Å². The molecule has 2 aliphatic rings. The third-order valence-corrected chi connectivity index (χ3v) is 4.06. The van der Waals surface area contributed by atoms with Crippen LogP contribution in [0.4, 0.5) is 0 Å². The number of allylic oxidation sites excluding steroid dienone is 8. The molecule has 0 amide bonds. The Morgan fingerprint density at radius 3 is 2.75 bits per heavy atom. The van der Waals surface area contributed by atoms with Crippen LogP contribution in [0, 0.1) is 0 Å². The van der Waals surface area contributed by atoms with Crippen LogP contribution in [0.5, 0.6) is 0 Å². The summed E-state index contributed by atoms with van der Waals surface area (Å²) >= 11 is 0. The van der Waals surface area contributed by atoms with E-state index in [9.17, 15) is 4.79 Å². The van der Waals surface area contributed by atoms with Gasteiger partial charge >= 0.3 is 0 Å². The van der Waals surface area contributed by atoms with Crippen molar-refractivity contribution in [1.82, 2.24) is 0 Å². The quantitative estimate of drug-likeness (QED) is 0.631. The lowest BCUT2D eigenvalue weighted by Crippen LogP contribution is -2.17. The molecule has 0 aromatic rings. The second-order valence-electron chi connectivity index (χ2n) is 5.79. The van der Waals surface area contributed by atoms with Gasteiger partial charge in [-0.2, -0.15) is 0 Å². The monoisotopic (exact) mass is 330 g/mol. The molecule has 0 spiro atoms. The van der Waals surface area contributed by atoms with E-state index in [2.05, 4.69) is 6.92 Å². The molecule has 1 unspecified atom stereocenters. The van der Waals surface area contributed by atoms with Crippen LogP contribution in [0.25, 0.3) is 0 Å². The lowest BCUT2D eigenvalue weighted by molar-refractivity contribution is -0.111. The van der Waals surface area contributed by atoms with E-state index in [1.165, 1.54) is 0 Å². The van der Waals surface area contributed by atoms with Crippen LogP contribution in [0.15, 0.2) is 59.1 Å². The fourth-order valence-corrected chi connectivity index (χ4v) is 2.65. The number of hydrogen-bond donors (Lipinski definition) is 0. The number of carbonyl (C=O) groups is 1. The normalized spacial score (nSPS) is 20.9. The molecule has 4 heteroatoms. The van der Waals surface area contributed by atoms with Gasteiger partial charge in [0.05, 0.1) is 19.5 Å². The van der Waals surface area contributed by atoms with Gasteiger partial charge in [0.2, 0.25) is 0 Å². The van der Waals surface area contributed by atoms with Crippen molar-refractivity contribution < 1.29 is 19.0 Å². The van der Waals surface area contributed by atoms with E-state index in [0.717, 1.165) is 55.0 Å². The lowest BCUT2D eigenvalue weighted by Gasteiger charge is -2.20. The highest BCUT2D eigenvalue weighted by Gasteiger charge is 2.17. The maximum absolute atomic E-state index is 12.3. The van der Waals surface area contributed by atoms with Crippen LogP contribution in [0.3, 0.4) is 0 Å². The summed E-state index contributed by atoms with van der Waals surface area (Å²) in [5.74, 6) is 1.79. The summed E-state index contributed by atoms with van der Waals surface area (Å²) in [6.45, 7) is 2.81. The number of ether oxygens (including phenoxy) is 3. The van der Waals surface area contributed by atoms with Gasteiger partial charge in [0.1, 0.15) is 11.9 Å². The van der Waals surface area contributed by atoms with Gasteiger partial charge in [-0.3, -0.25) is 4.79 Å². The average Bonchev–Trinajstić information content (AvgIpc) is 2.64. The minimum atomic E-state index is -0.0458. The molecule has 0 saturated heterocycles. The predicted octanol–water partition coefficient (Wildman–Crippen LogP) is 4.02. The number of rotatable bonds is 8. The van der Waals surface area contributed by atoms with Gasteiger partial charge in [0, 0.05) is 19.1 Å². The third kappa shape index (κ3) is 4.96. The van der Waals surface area contributed by atoms with Crippen LogP contribution < -0.4 is 0 Å². The van der Waals surface area contributed by atoms with Gasteiger partial charge in [-0.15, -0.1) is 0 Å². The first kappa shape index (κ1) is 18.3. The van der Waals surface area contributed by atoms with Crippen molar-refractivity contribution in [3.8, 4) is 0 Å². The van der Waals surface area contributed by atoms with Gasteiger partial charge in [0.25, 0.3) is 0 Å². The second-order valence-corrected chi connectivity index (χ2v) is 5.79. The predicted molar refractivity (Wildman–Crippen MR) is 94.4 cm³/mol. The van der Waals surface area contributed by atoms with Crippen LogP contribution in [-0.4, -0.2) is 32.7 Å². The van der Waals surface area contributed by atoms with Crippen LogP contribution in [0.1, 0.15) is 32.6 Å². The molecular weight excluding hydrogens is 304 g/mol. The first-order valence-corrected chi connectivity index (χ1v) is 8.41. The summed E-state index contributed by atoms with van der Waals surface area (Å²) in [5.41, 5.74) is 1.78. The average molecular weight is 330 g/mol. The lowest BCUT2D eigenvalue weighted by atomic mass is 9.98. The molecule has 130 valence electrons. The van der Waals surface area contributed by atoms with E-state index in [-0.39, 0.29) is 11.9 Å². The highest BCUT2D eigenvalue weighted by atomic mass is 16.5. The summed E-state index contributed by atoms with van der Waals surface area (Å²) in [6, 6.07) is 0. The van der Waals surface area contributed by atoms with Gasteiger partial charge in [-0.1, -0.05) is 25.2 Å². The van der Waals surface area contributed by atoms with Crippen LogP contribution in [-0.2, 0) is 19.0 Å². The molecule has 0 heterocycles. The largest absolute Gasteiger partial charge is 0.498 e. The Morgan fingerprint density at radius 1 is 1.29 bits per heavy atom. The van der Waals surface area contributed by atoms with Crippen molar-refractivity contribution >= 4 is 5.78 Å². The van der Waals surface area contributed by atoms with E-state index in [1.54, 1.807) is 20.3 Å². The zero-order valence-electron chi connectivity index (χ0n) is 14.7. The first-order chi connectivity index (χ1) is 11.7. The minimum Gasteiger partial charge on any atom is -0.498 e. The molecule has 0 saturated carbocycles. The highest BCUT2D eigenvalue weighted by Crippen LogP contribution is 2.23. The molecule has 0 bridgehead atoms. The van der Waals surface area contributed by atoms with Gasteiger partial charge < -0.3 is 14.2 Å². The molecule has 4 nitrogen and oxygen atoms in total. The van der Waals surface area contributed by atoms with E-state index in [1.807, 2.05) is 30.4 Å². The Morgan fingerprint density at radius 2 is 2.12 bits per heavy atom. The van der Waals surface area contributed by atoms with E-state index < -0.39 is 0 Å². The Hall–Kier alpha value is -2.07. The molecule has 1 atom stereocenters. The summed E-state index contributed by atoms with van der Waals surface area (Å²) in [7, 11) is 3.30. The van der Waals surface area contributed by atoms with Gasteiger partial charge in [0.15, 0.2) is 5.78 Å². The maximum atomic E-state index is 12.3. The zero-order valence-corrected chi connectivity index (χ0v) is 14.7. The van der Waals surface area contributed by atoms with E-state index in [0.29, 0.717) is 0 Å². The van der Waals surface area contributed by atoms with E-state index in [4.69, 9.17) is 14.2 Å². The topological polar surface area (TPSA) is 44.8 Å². The molecule has 2 rings (SSSR count). The summed E-state index contributed by atoms with van der Waals surface area (Å²) in [5, 5.41) is 0. The van der Waals surface area contributed by atoms with Gasteiger partial charge in [-0.05, 0) is 43.1 Å². The molecule has 0 N–H and O–H groups in total. The van der Waals surface area contributed by atoms with Gasteiger partial charge in [-0.25, -0.2) is 0 Å². The Labute approximate surface area is 144 Å². The number of hydrogen-bond acceptors (Lipinski definition) is 4. The van der Waals surface area contributed by atoms with Crippen LogP contribution in [0.2, 0.25) is 0 Å². The SMILES string of the molecule is CCCOC1=CC=C(C(=O)/C=C/C2=CCC(OC)C(OC)=C2)CC1. The summed E-state index contributed by atoms with van der Waals surface area (Å²) in [6.07, 6.45) is 14.4. The molecule has 0 radical (unpaired) electrons. The fourth-order valence-electron chi connectivity index (χ4n) is 2.65. The number of methoxy groups -OCH3 is 2. The van der Waals surface area contributed by atoms with Crippen molar-refractivity contribution in [2.24, 2.45) is 0 Å². The molecule has 0 aromatic heterocycles. The molecule has 0 aromatic carbocycles. The molecule has 24 heavy (non-hydrogen) atoms. The van der Waals surface area contributed by atoms with Crippen molar-refractivity contribution in [2.45, 2.75) is 38.7 Å². The minimum absolute atomic E-state index is 0.0444. The number of carbonyl (C=O) groups excluding carboxylic acids is 1. The third-order valence-electron chi connectivity index (χ3n) is 4.06. The van der Waals surface area contributed by atoms with Crippen molar-refractivity contribution in [1.29, 1.82) is 0 Å². The van der Waals surface area contributed by atoms with Crippen molar-refractivity contribution in [2.75, 3.05) is 20.8 Å². The Balaban J connectivity index is 1.96. The molecular formula is C20H26O4. The van der Waals surface area contributed by atoms with Crippen molar-refractivity contribution in [3.63, 3.8) is 0 Å². The zero-order chi connectivity index (χ0) is 17.4. The number of ketones is 1. The second kappa shape index (κ2) is 9.28. The Bertz CT molecular complexity index is 605. The first-order valence-electron chi connectivity index (χ1n) is 8.41. The molecule has 0 fully saturated rings. The molecule has 2 aliphatic carbocycles. The summed E-state index contributed by atoms with van der Waals surface area (Å²) in [4.78, 5) is 12.3. The van der Waals surface area contributed by atoms with Crippen molar-refractivity contribution in [3.05, 3.63) is 59.1 Å². The highest BCUT2D eigenvalue weighted by molar-refractivity contribution is 6.04. The maximum Gasteiger partial charge on any atom is 0.181 e. The molecule has 0 aliphatic heterocycles. The standard InChI is InChI=1S/C20H26O4/c1-4-13-24-17-9-7-16(8-10-17)18(21)11-5-15-6-12-19(22-2)20(14-15)23-3/h5-7,9,11,14,19H,4,8,10,12-13H2,1-3H3/b11-5+. The summed E-state index contributed by atoms with van der Waals surface area (Å²) < 4.78 is 16.3. The fraction of sp³-hybridized carbons (Fsp3) is 0.450. The smallest absolute Gasteiger partial charge is 0.181 e.